The molecule has 0 spiro atoms. The summed E-state index contributed by atoms with van der Waals surface area (Å²) in [4.78, 5) is 2.22. The van der Waals surface area contributed by atoms with E-state index in [1.165, 1.54) is 5.56 Å². The second-order valence-electron chi connectivity index (χ2n) is 6.49. The Kier molecular flexibility index (Phi) is 5.51. The largest absolute Gasteiger partial charge is 0.355 e. The van der Waals surface area contributed by atoms with Gasteiger partial charge < -0.3 is 10.6 Å². The van der Waals surface area contributed by atoms with Crippen LogP contribution in [-0.4, -0.2) is 23.3 Å². The molecule has 1 aromatic rings. The first-order valence-electron chi connectivity index (χ1n) is 7.58. The Hall–Kier alpha value is -1.16. The highest BCUT2D eigenvalue weighted by molar-refractivity contribution is 5.51. The standard InChI is InChI=1S/C16H30N4/c1-8-12-13(10-17)15(19-18-14(12)9-2)20(7)11(3)16(4,5)6/h11H,8-10,17H2,1-7H3. The van der Waals surface area contributed by atoms with Crippen molar-refractivity contribution in [3.05, 3.63) is 16.8 Å². The topological polar surface area (TPSA) is 55.0 Å². The van der Waals surface area contributed by atoms with Crippen LogP contribution in [0.3, 0.4) is 0 Å². The Labute approximate surface area is 123 Å². The Balaban J connectivity index is 3.31. The van der Waals surface area contributed by atoms with Crippen LogP contribution in [0.5, 0.6) is 0 Å². The molecule has 2 N–H and O–H groups in total. The lowest BCUT2D eigenvalue weighted by Crippen LogP contribution is -2.40. The smallest absolute Gasteiger partial charge is 0.156 e. The van der Waals surface area contributed by atoms with E-state index in [0.717, 1.165) is 29.9 Å². The molecule has 0 amide bonds. The van der Waals surface area contributed by atoms with Gasteiger partial charge in [0.15, 0.2) is 5.82 Å². The van der Waals surface area contributed by atoms with Gasteiger partial charge in [0.25, 0.3) is 0 Å². The van der Waals surface area contributed by atoms with Crippen molar-refractivity contribution in [1.29, 1.82) is 0 Å². The van der Waals surface area contributed by atoms with Crippen LogP contribution in [0, 0.1) is 5.41 Å². The molecule has 0 aromatic carbocycles. The van der Waals surface area contributed by atoms with E-state index in [4.69, 9.17) is 5.73 Å². The zero-order valence-electron chi connectivity index (χ0n) is 14.1. The fourth-order valence-electron chi connectivity index (χ4n) is 2.50. The van der Waals surface area contributed by atoms with Crippen LogP contribution in [0.4, 0.5) is 5.82 Å². The van der Waals surface area contributed by atoms with Gasteiger partial charge in [0.2, 0.25) is 0 Å². The fourth-order valence-corrected chi connectivity index (χ4v) is 2.50. The average molecular weight is 278 g/mol. The van der Waals surface area contributed by atoms with Crippen molar-refractivity contribution in [2.75, 3.05) is 11.9 Å². The van der Waals surface area contributed by atoms with Crippen molar-refractivity contribution in [3.8, 4) is 0 Å². The molecule has 0 aliphatic heterocycles. The van der Waals surface area contributed by atoms with Crippen molar-refractivity contribution in [2.45, 2.75) is 67.0 Å². The van der Waals surface area contributed by atoms with Gasteiger partial charge in [-0.25, -0.2) is 0 Å². The number of hydrogen-bond acceptors (Lipinski definition) is 4. The molecule has 1 atom stereocenters. The lowest BCUT2D eigenvalue weighted by Gasteiger charge is -2.37. The summed E-state index contributed by atoms with van der Waals surface area (Å²) in [5.74, 6) is 0.934. The van der Waals surface area contributed by atoms with Gasteiger partial charge in [-0.3, -0.25) is 0 Å². The molecule has 4 heteroatoms. The third-order valence-electron chi connectivity index (χ3n) is 4.31. The SMILES string of the molecule is CCc1nnc(N(C)C(C)C(C)(C)C)c(CN)c1CC. The minimum atomic E-state index is 0.179. The van der Waals surface area contributed by atoms with Crippen LogP contribution in [0.15, 0.2) is 0 Å². The van der Waals surface area contributed by atoms with Gasteiger partial charge in [-0.2, -0.15) is 5.10 Å². The minimum absolute atomic E-state index is 0.179. The molecular formula is C16H30N4. The van der Waals surface area contributed by atoms with Crippen LogP contribution in [0.1, 0.15) is 58.4 Å². The van der Waals surface area contributed by atoms with Gasteiger partial charge in [0.05, 0.1) is 5.69 Å². The predicted octanol–water partition coefficient (Wildman–Crippen LogP) is 2.93. The highest BCUT2D eigenvalue weighted by Crippen LogP contribution is 2.30. The van der Waals surface area contributed by atoms with Crippen LogP contribution >= 0.6 is 0 Å². The predicted molar refractivity (Wildman–Crippen MR) is 86.0 cm³/mol. The van der Waals surface area contributed by atoms with Crippen molar-refractivity contribution >= 4 is 5.82 Å². The van der Waals surface area contributed by atoms with Gasteiger partial charge in [-0.15, -0.1) is 5.10 Å². The molecule has 0 bridgehead atoms. The monoisotopic (exact) mass is 278 g/mol. The molecule has 1 heterocycles. The maximum absolute atomic E-state index is 6.00. The van der Waals surface area contributed by atoms with E-state index in [0.29, 0.717) is 12.6 Å². The highest BCUT2D eigenvalue weighted by Gasteiger charge is 2.27. The zero-order chi connectivity index (χ0) is 15.5. The number of aromatic nitrogens is 2. The molecule has 0 saturated carbocycles. The number of anilines is 1. The molecule has 0 radical (unpaired) electrons. The summed E-state index contributed by atoms with van der Waals surface area (Å²) < 4.78 is 0. The minimum Gasteiger partial charge on any atom is -0.355 e. The Morgan fingerprint density at radius 3 is 2.10 bits per heavy atom. The quantitative estimate of drug-likeness (QED) is 0.899. The van der Waals surface area contributed by atoms with Gasteiger partial charge in [0.1, 0.15) is 0 Å². The maximum Gasteiger partial charge on any atom is 0.156 e. The van der Waals surface area contributed by atoms with Crippen molar-refractivity contribution in [2.24, 2.45) is 11.1 Å². The number of hydrogen-bond donors (Lipinski definition) is 1. The molecule has 0 saturated heterocycles. The number of rotatable bonds is 5. The normalized spacial score (nSPS) is 13.4. The summed E-state index contributed by atoms with van der Waals surface area (Å²) in [5, 5.41) is 8.87. The van der Waals surface area contributed by atoms with E-state index in [1.807, 2.05) is 0 Å². The summed E-state index contributed by atoms with van der Waals surface area (Å²) in [7, 11) is 2.09. The Bertz CT molecular complexity index is 449. The lowest BCUT2D eigenvalue weighted by molar-refractivity contribution is 0.328. The van der Waals surface area contributed by atoms with Crippen LogP contribution in [-0.2, 0) is 19.4 Å². The van der Waals surface area contributed by atoms with Gasteiger partial charge in [-0.1, -0.05) is 34.6 Å². The maximum atomic E-state index is 6.00. The van der Waals surface area contributed by atoms with E-state index in [2.05, 4.69) is 63.7 Å². The number of aryl methyl sites for hydroxylation is 1. The molecule has 0 aliphatic rings. The fraction of sp³-hybridized carbons (Fsp3) is 0.750. The summed E-state index contributed by atoms with van der Waals surface area (Å²) in [6, 6.07) is 0.360. The molecule has 20 heavy (non-hydrogen) atoms. The molecule has 0 fully saturated rings. The molecule has 0 aliphatic carbocycles. The van der Waals surface area contributed by atoms with Gasteiger partial charge >= 0.3 is 0 Å². The summed E-state index contributed by atoms with van der Waals surface area (Å²) in [6.07, 6.45) is 1.86. The van der Waals surface area contributed by atoms with Crippen molar-refractivity contribution < 1.29 is 0 Å². The summed E-state index contributed by atoms with van der Waals surface area (Å²) in [5.41, 5.74) is 9.68. The third kappa shape index (κ3) is 3.29. The van der Waals surface area contributed by atoms with E-state index >= 15 is 0 Å². The Morgan fingerprint density at radius 1 is 1.10 bits per heavy atom. The van der Waals surface area contributed by atoms with Crippen molar-refractivity contribution in [3.63, 3.8) is 0 Å². The first kappa shape index (κ1) is 16.9. The zero-order valence-corrected chi connectivity index (χ0v) is 14.1. The van der Waals surface area contributed by atoms with E-state index in [1.54, 1.807) is 0 Å². The van der Waals surface area contributed by atoms with Crippen LogP contribution in [0.25, 0.3) is 0 Å². The van der Waals surface area contributed by atoms with Crippen LogP contribution < -0.4 is 10.6 Å². The lowest BCUT2D eigenvalue weighted by atomic mass is 9.87. The first-order valence-corrected chi connectivity index (χ1v) is 7.58. The first-order chi connectivity index (χ1) is 9.27. The van der Waals surface area contributed by atoms with E-state index < -0.39 is 0 Å². The van der Waals surface area contributed by atoms with Crippen LogP contribution in [0.2, 0.25) is 0 Å². The second-order valence-corrected chi connectivity index (χ2v) is 6.49. The molecule has 1 rings (SSSR count). The average Bonchev–Trinajstić information content (AvgIpc) is 2.42. The summed E-state index contributed by atoms with van der Waals surface area (Å²) >= 11 is 0. The Morgan fingerprint density at radius 2 is 1.70 bits per heavy atom. The molecular weight excluding hydrogens is 248 g/mol. The van der Waals surface area contributed by atoms with Gasteiger partial charge in [-0.05, 0) is 30.7 Å². The number of nitrogens with two attached hydrogens (primary N) is 1. The molecule has 114 valence electrons. The van der Waals surface area contributed by atoms with E-state index in [9.17, 15) is 0 Å². The molecule has 1 aromatic heterocycles. The summed E-state index contributed by atoms with van der Waals surface area (Å²) in [6.45, 7) is 13.7. The van der Waals surface area contributed by atoms with Crippen molar-refractivity contribution in [1.82, 2.24) is 10.2 Å². The molecule has 1 unspecified atom stereocenters. The third-order valence-corrected chi connectivity index (χ3v) is 4.31. The van der Waals surface area contributed by atoms with Gasteiger partial charge in [0, 0.05) is 25.2 Å². The highest BCUT2D eigenvalue weighted by atomic mass is 15.3. The molecule has 4 nitrogen and oxygen atoms in total. The number of nitrogens with zero attached hydrogens (tertiary/aromatic N) is 3. The van der Waals surface area contributed by atoms with E-state index in [-0.39, 0.29) is 5.41 Å². The second kappa shape index (κ2) is 6.53.